The molecule has 112 valence electrons. The van der Waals surface area contributed by atoms with E-state index in [4.69, 9.17) is 9.88 Å². The van der Waals surface area contributed by atoms with Crippen LogP contribution < -0.4 is 15.8 Å². The van der Waals surface area contributed by atoms with Gasteiger partial charge in [0.1, 0.15) is 0 Å². The molecule has 1 aliphatic heterocycles. The molecule has 20 heavy (non-hydrogen) atoms. The van der Waals surface area contributed by atoms with E-state index in [0.29, 0.717) is 6.04 Å². The highest BCUT2D eigenvalue weighted by molar-refractivity contribution is 7.89. The van der Waals surface area contributed by atoms with Gasteiger partial charge in [-0.2, -0.15) is 0 Å². The molecule has 7 heteroatoms. The highest BCUT2D eigenvalue weighted by Crippen LogP contribution is 2.15. The third kappa shape index (κ3) is 4.45. The summed E-state index contributed by atoms with van der Waals surface area (Å²) in [4.78, 5) is 0.123. The number of nitrogens with two attached hydrogens (primary N) is 1. The molecule has 1 aromatic carbocycles. The average Bonchev–Trinajstić information content (AvgIpc) is 2.39. The van der Waals surface area contributed by atoms with Crippen LogP contribution in [-0.2, 0) is 14.8 Å². The van der Waals surface area contributed by atoms with E-state index in [2.05, 4.69) is 17.6 Å². The molecule has 0 radical (unpaired) electrons. The van der Waals surface area contributed by atoms with Gasteiger partial charge in [-0.25, -0.2) is 13.6 Å². The summed E-state index contributed by atoms with van der Waals surface area (Å²) >= 11 is 0. The topological polar surface area (TPSA) is 93.4 Å². The summed E-state index contributed by atoms with van der Waals surface area (Å²) in [5.74, 6) is 0. The maximum absolute atomic E-state index is 11.2. The van der Waals surface area contributed by atoms with Gasteiger partial charge in [0.15, 0.2) is 0 Å². The first kappa shape index (κ1) is 15.2. The summed E-state index contributed by atoms with van der Waals surface area (Å²) in [6.07, 6.45) is 0.941. The molecule has 0 spiro atoms. The van der Waals surface area contributed by atoms with E-state index in [-0.39, 0.29) is 10.9 Å². The van der Waals surface area contributed by atoms with Crippen LogP contribution in [0.3, 0.4) is 0 Å². The lowest BCUT2D eigenvalue weighted by molar-refractivity contribution is 0.0731. The lowest BCUT2D eigenvalue weighted by atomic mass is 10.1. The first-order valence-corrected chi connectivity index (χ1v) is 8.20. The molecule has 2 unspecified atom stereocenters. The van der Waals surface area contributed by atoms with Gasteiger partial charge in [0.25, 0.3) is 0 Å². The van der Waals surface area contributed by atoms with E-state index in [1.807, 2.05) is 0 Å². The summed E-state index contributed by atoms with van der Waals surface area (Å²) in [7, 11) is -3.63. The van der Waals surface area contributed by atoms with Gasteiger partial charge in [0.05, 0.1) is 18.1 Å². The molecule has 1 aliphatic rings. The fraction of sp³-hybridized carbons (Fsp3) is 0.538. The van der Waals surface area contributed by atoms with Gasteiger partial charge < -0.3 is 15.4 Å². The molecule has 0 aromatic heterocycles. The van der Waals surface area contributed by atoms with E-state index in [0.717, 1.165) is 31.9 Å². The minimum absolute atomic E-state index is 0.123. The number of hydrogen-bond acceptors (Lipinski definition) is 5. The quantitative estimate of drug-likeness (QED) is 0.737. The number of hydrogen-bond donors (Lipinski definition) is 3. The fourth-order valence-corrected chi connectivity index (χ4v) is 2.80. The van der Waals surface area contributed by atoms with Crippen molar-refractivity contribution >= 4 is 15.7 Å². The molecule has 1 aromatic rings. The predicted molar refractivity (Wildman–Crippen MR) is 78.1 cm³/mol. The Hall–Kier alpha value is -1.15. The van der Waals surface area contributed by atoms with Gasteiger partial charge in [-0.05, 0) is 37.6 Å². The fourth-order valence-electron chi connectivity index (χ4n) is 2.28. The zero-order valence-electron chi connectivity index (χ0n) is 11.5. The number of rotatable bonds is 5. The second kappa shape index (κ2) is 6.53. The van der Waals surface area contributed by atoms with Gasteiger partial charge in [0, 0.05) is 24.3 Å². The predicted octanol–water partition coefficient (Wildman–Crippen LogP) is 0.513. The second-order valence-electron chi connectivity index (χ2n) is 5.08. The number of ether oxygens (including phenoxy) is 1. The standard InChI is InChI=1S/C13H21N3O3S/c1-10(8-12-9-19-7-6-15-12)16-11-2-4-13(5-3-11)20(14,17)18/h2-5,10,12,15-16H,6-9H2,1H3,(H2,14,17,18). The maximum Gasteiger partial charge on any atom is 0.238 e. The second-order valence-corrected chi connectivity index (χ2v) is 6.64. The lowest BCUT2D eigenvalue weighted by Gasteiger charge is -2.27. The monoisotopic (exact) mass is 299 g/mol. The lowest BCUT2D eigenvalue weighted by Crippen LogP contribution is -2.43. The van der Waals surface area contributed by atoms with Crippen LogP contribution in [0, 0.1) is 0 Å². The Morgan fingerprint density at radius 3 is 2.70 bits per heavy atom. The molecule has 0 bridgehead atoms. The number of sulfonamides is 1. The largest absolute Gasteiger partial charge is 0.383 e. The zero-order chi connectivity index (χ0) is 14.6. The highest BCUT2D eigenvalue weighted by atomic mass is 32.2. The van der Waals surface area contributed by atoms with Crippen molar-refractivity contribution in [2.75, 3.05) is 25.1 Å². The van der Waals surface area contributed by atoms with Crippen molar-refractivity contribution in [3.8, 4) is 0 Å². The van der Waals surface area contributed by atoms with Crippen LogP contribution >= 0.6 is 0 Å². The average molecular weight is 299 g/mol. The Morgan fingerprint density at radius 1 is 1.45 bits per heavy atom. The van der Waals surface area contributed by atoms with Crippen LogP contribution in [0.5, 0.6) is 0 Å². The molecule has 6 nitrogen and oxygen atoms in total. The van der Waals surface area contributed by atoms with Crippen molar-refractivity contribution < 1.29 is 13.2 Å². The van der Waals surface area contributed by atoms with E-state index in [9.17, 15) is 8.42 Å². The molecule has 4 N–H and O–H groups in total. The summed E-state index contributed by atoms with van der Waals surface area (Å²) in [5.41, 5.74) is 0.877. The molecular weight excluding hydrogens is 278 g/mol. The molecule has 2 atom stereocenters. The van der Waals surface area contributed by atoms with E-state index < -0.39 is 10.0 Å². The van der Waals surface area contributed by atoms with Crippen molar-refractivity contribution in [2.24, 2.45) is 5.14 Å². The van der Waals surface area contributed by atoms with Crippen molar-refractivity contribution in [1.82, 2.24) is 5.32 Å². The van der Waals surface area contributed by atoms with Gasteiger partial charge in [-0.1, -0.05) is 0 Å². The van der Waals surface area contributed by atoms with Crippen LogP contribution in [0.4, 0.5) is 5.69 Å². The van der Waals surface area contributed by atoms with E-state index >= 15 is 0 Å². The van der Waals surface area contributed by atoms with Crippen LogP contribution in [0.2, 0.25) is 0 Å². The van der Waals surface area contributed by atoms with Gasteiger partial charge >= 0.3 is 0 Å². The van der Waals surface area contributed by atoms with Crippen LogP contribution in [0.1, 0.15) is 13.3 Å². The normalized spacial score (nSPS) is 21.4. The van der Waals surface area contributed by atoms with Crippen molar-refractivity contribution in [3.63, 3.8) is 0 Å². The Balaban J connectivity index is 1.89. The van der Waals surface area contributed by atoms with Crippen molar-refractivity contribution in [2.45, 2.75) is 30.3 Å². The number of morpholine rings is 1. The Kier molecular flexibility index (Phi) is 4.98. The first-order valence-electron chi connectivity index (χ1n) is 6.65. The summed E-state index contributed by atoms with van der Waals surface area (Å²) in [5, 5.41) is 11.8. The smallest absolute Gasteiger partial charge is 0.238 e. The van der Waals surface area contributed by atoms with Gasteiger partial charge in [-0.3, -0.25) is 0 Å². The third-order valence-corrected chi connectivity index (χ3v) is 4.16. The first-order chi connectivity index (χ1) is 9.45. The maximum atomic E-state index is 11.2. The van der Waals surface area contributed by atoms with Gasteiger partial charge in [-0.15, -0.1) is 0 Å². The van der Waals surface area contributed by atoms with Crippen LogP contribution in [0.25, 0.3) is 0 Å². The molecule has 0 saturated carbocycles. The molecule has 1 fully saturated rings. The van der Waals surface area contributed by atoms with E-state index in [1.54, 1.807) is 12.1 Å². The molecule has 2 rings (SSSR count). The Labute approximate surface area is 119 Å². The number of primary sulfonamides is 1. The SMILES string of the molecule is CC(CC1COCCN1)Nc1ccc(S(N)(=O)=O)cc1. The Morgan fingerprint density at radius 2 is 2.15 bits per heavy atom. The van der Waals surface area contributed by atoms with Crippen molar-refractivity contribution in [3.05, 3.63) is 24.3 Å². The summed E-state index contributed by atoms with van der Waals surface area (Å²) in [6, 6.07) is 7.07. The Bertz CT molecular complexity index is 524. The molecule has 1 saturated heterocycles. The third-order valence-electron chi connectivity index (χ3n) is 3.23. The number of nitrogens with one attached hydrogen (secondary N) is 2. The number of anilines is 1. The molecule has 0 aliphatic carbocycles. The van der Waals surface area contributed by atoms with E-state index in [1.165, 1.54) is 12.1 Å². The minimum Gasteiger partial charge on any atom is -0.383 e. The summed E-state index contributed by atoms with van der Waals surface area (Å²) < 4.78 is 27.7. The van der Waals surface area contributed by atoms with Crippen molar-refractivity contribution in [1.29, 1.82) is 0 Å². The minimum atomic E-state index is -3.63. The highest BCUT2D eigenvalue weighted by Gasteiger charge is 2.16. The zero-order valence-corrected chi connectivity index (χ0v) is 12.3. The van der Waals surface area contributed by atoms with Crippen LogP contribution in [0.15, 0.2) is 29.2 Å². The number of benzene rings is 1. The molecular formula is C13H21N3O3S. The molecule has 0 amide bonds. The summed E-state index contributed by atoms with van der Waals surface area (Å²) in [6.45, 7) is 4.48. The van der Waals surface area contributed by atoms with Crippen LogP contribution in [-0.4, -0.2) is 40.3 Å². The van der Waals surface area contributed by atoms with Gasteiger partial charge in [0.2, 0.25) is 10.0 Å². The molecule has 1 heterocycles.